The second kappa shape index (κ2) is 15.7. The molecule has 3 aromatic rings. The van der Waals surface area contributed by atoms with Gasteiger partial charge in [0.15, 0.2) is 0 Å². The van der Waals surface area contributed by atoms with Crippen LogP contribution in [-0.2, 0) is 21.4 Å². The lowest BCUT2D eigenvalue weighted by molar-refractivity contribution is -0.122. The van der Waals surface area contributed by atoms with Crippen LogP contribution < -0.4 is 30.3 Å². The summed E-state index contributed by atoms with van der Waals surface area (Å²) < 4.78 is 43.0. The van der Waals surface area contributed by atoms with Crippen molar-refractivity contribution in [3.05, 3.63) is 101 Å². The molecule has 13 heteroatoms. The average molecular weight is 679 g/mol. The first-order valence-electron chi connectivity index (χ1n) is 16.3. The summed E-state index contributed by atoms with van der Waals surface area (Å²) in [5, 5.41) is 12.1. The second-order valence-electron chi connectivity index (χ2n) is 12.5. The first-order chi connectivity index (χ1) is 23.0. The Morgan fingerprint density at radius 3 is 2.25 bits per heavy atom. The van der Waals surface area contributed by atoms with Gasteiger partial charge in [0.2, 0.25) is 5.91 Å². The lowest BCUT2D eigenvalue weighted by Crippen LogP contribution is -2.50. The van der Waals surface area contributed by atoms with Crippen molar-refractivity contribution in [2.24, 2.45) is 5.92 Å². The highest BCUT2D eigenvalue weighted by molar-refractivity contribution is 7.90. The maximum atomic E-state index is 13.9. The lowest BCUT2D eigenvalue weighted by atomic mass is 10.0. The van der Waals surface area contributed by atoms with Crippen molar-refractivity contribution in [3.63, 3.8) is 0 Å². The molecule has 0 unspecified atom stereocenters. The number of rotatable bonds is 14. The summed E-state index contributed by atoms with van der Waals surface area (Å²) in [7, 11) is -3.89. The van der Waals surface area contributed by atoms with E-state index in [-0.39, 0.29) is 42.4 Å². The summed E-state index contributed by atoms with van der Waals surface area (Å²) in [4.78, 5) is 40.0. The fraction of sp³-hybridized carbons (Fsp3) is 0.400. The smallest absolute Gasteiger partial charge is 0.301 e. The molecule has 3 aromatic carbocycles. The van der Waals surface area contributed by atoms with Crippen molar-refractivity contribution in [2.45, 2.75) is 57.7 Å². The number of nitrogens with one attached hydrogen (secondary N) is 5. The van der Waals surface area contributed by atoms with Crippen LogP contribution in [0, 0.1) is 11.7 Å². The van der Waals surface area contributed by atoms with Crippen LogP contribution in [0.2, 0.25) is 0 Å². The number of carbonyl (C=O) groups is 3. The van der Waals surface area contributed by atoms with Gasteiger partial charge in [-0.1, -0.05) is 42.5 Å². The quantitative estimate of drug-likeness (QED) is 0.177. The first kappa shape index (κ1) is 35.0. The van der Waals surface area contributed by atoms with Crippen molar-refractivity contribution >= 4 is 33.6 Å². The monoisotopic (exact) mass is 678 g/mol. The van der Waals surface area contributed by atoms with E-state index in [1.807, 2.05) is 30.3 Å². The molecule has 5 rings (SSSR count). The van der Waals surface area contributed by atoms with Gasteiger partial charge in [0.05, 0.1) is 17.8 Å². The van der Waals surface area contributed by atoms with Crippen LogP contribution in [0.4, 0.5) is 10.1 Å². The number of halogens is 1. The predicted molar refractivity (Wildman–Crippen MR) is 182 cm³/mol. The molecule has 2 aliphatic rings. The molecule has 1 saturated carbocycles. The summed E-state index contributed by atoms with van der Waals surface area (Å²) in [6.07, 6.45) is 3.26. The molecule has 3 amide bonds. The fourth-order valence-electron chi connectivity index (χ4n) is 5.50. The minimum Gasteiger partial charge on any atom is -0.354 e. The van der Waals surface area contributed by atoms with E-state index in [2.05, 4.69) is 26.0 Å². The topological polar surface area (TPSA) is 149 Å². The van der Waals surface area contributed by atoms with Gasteiger partial charge in [-0.2, -0.15) is 13.1 Å². The van der Waals surface area contributed by atoms with Gasteiger partial charge in [-0.25, -0.2) is 4.39 Å². The molecule has 48 heavy (non-hydrogen) atoms. The average Bonchev–Trinajstić information content (AvgIpc) is 3.91. The van der Waals surface area contributed by atoms with Gasteiger partial charge >= 0.3 is 10.2 Å². The molecule has 1 saturated heterocycles. The van der Waals surface area contributed by atoms with E-state index in [1.54, 1.807) is 26.0 Å². The Labute approximate surface area is 281 Å². The summed E-state index contributed by atoms with van der Waals surface area (Å²) in [5.41, 5.74) is 2.01. The molecule has 0 radical (unpaired) electrons. The first-order valence-corrected chi connectivity index (χ1v) is 17.8. The predicted octanol–water partition coefficient (Wildman–Crippen LogP) is 3.21. The third-order valence-electron chi connectivity index (χ3n) is 8.55. The highest BCUT2D eigenvalue weighted by atomic mass is 32.2. The largest absolute Gasteiger partial charge is 0.354 e. The Morgan fingerprint density at radius 2 is 1.60 bits per heavy atom. The van der Waals surface area contributed by atoms with Crippen LogP contribution >= 0.6 is 0 Å². The molecule has 256 valence electrons. The van der Waals surface area contributed by atoms with Crippen LogP contribution in [0.15, 0.2) is 72.8 Å². The van der Waals surface area contributed by atoms with Crippen LogP contribution in [0.1, 0.15) is 71.0 Å². The number of nitrogens with zero attached hydrogens (tertiary/aromatic N) is 1. The van der Waals surface area contributed by atoms with Gasteiger partial charge < -0.3 is 21.3 Å². The van der Waals surface area contributed by atoms with Gasteiger partial charge in [0.1, 0.15) is 5.82 Å². The molecule has 0 bridgehead atoms. The van der Waals surface area contributed by atoms with Crippen LogP contribution in [0.25, 0.3) is 0 Å². The zero-order valence-corrected chi connectivity index (χ0v) is 28.0. The third-order valence-corrected chi connectivity index (χ3v) is 10.1. The molecule has 11 nitrogen and oxygen atoms in total. The number of carbonyl (C=O) groups excluding carboxylic acids is 3. The summed E-state index contributed by atoms with van der Waals surface area (Å²) in [5.74, 6) is -0.992. The van der Waals surface area contributed by atoms with E-state index in [4.69, 9.17) is 0 Å². The second-order valence-corrected chi connectivity index (χ2v) is 14.2. The molecule has 1 heterocycles. The Bertz CT molecular complexity index is 1700. The van der Waals surface area contributed by atoms with Crippen molar-refractivity contribution in [3.8, 4) is 0 Å². The Morgan fingerprint density at radius 1 is 0.938 bits per heavy atom. The molecule has 5 N–H and O–H groups in total. The molecule has 0 aromatic heterocycles. The normalized spacial score (nSPS) is 17.5. The number of amides is 3. The molecular formula is C35H43FN6O5S. The Balaban J connectivity index is 1.38. The third kappa shape index (κ3) is 9.61. The number of hydrogen-bond donors (Lipinski definition) is 5. The van der Waals surface area contributed by atoms with Gasteiger partial charge in [-0.05, 0) is 86.9 Å². The van der Waals surface area contributed by atoms with E-state index >= 15 is 0 Å². The molecule has 1 aliphatic heterocycles. The molecule has 0 spiro atoms. The summed E-state index contributed by atoms with van der Waals surface area (Å²) in [6, 6.07) is 18.3. The van der Waals surface area contributed by atoms with Crippen molar-refractivity contribution in [1.29, 1.82) is 0 Å². The van der Waals surface area contributed by atoms with Crippen molar-refractivity contribution < 1.29 is 27.2 Å². The number of anilines is 1. The SMILES string of the molecule is C[C@H](NC[C@H](Cc1ccccc1)NC(=O)c1cc(C(=O)N[C@H](C)c2ccc(F)cc2)cc(N2CCCNS2(=O)=O)c1)C(=O)NCC1CC1. The van der Waals surface area contributed by atoms with Crippen LogP contribution in [-0.4, -0.2) is 64.4 Å². The van der Waals surface area contributed by atoms with Gasteiger partial charge in [0, 0.05) is 43.3 Å². The molecular weight excluding hydrogens is 635 g/mol. The summed E-state index contributed by atoms with van der Waals surface area (Å²) in [6.45, 7) is 4.92. The molecule has 3 atom stereocenters. The van der Waals surface area contributed by atoms with E-state index in [0.29, 0.717) is 30.9 Å². The van der Waals surface area contributed by atoms with Crippen molar-refractivity contribution in [1.82, 2.24) is 26.0 Å². The zero-order valence-electron chi connectivity index (χ0n) is 27.2. The van der Waals surface area contributed by atoms with Crippen LogP contribution in [0.5, 0.6) is 0 Å². The Hall–Kier alpha value is -4.33. The maximum absolute atomic E-state index is 13.9. The van der Waals surface area contributed by atoms with E-state index in [9.17, 15) is 27.2 Å². The fourth-order valence-corrected chi connectivity index (χ4v) is 6.81. The summed E-state index contributed by atoms with van der Waals surface area (Å²) >= 11 is 0. The minimum absolute atomic E-state index is 0.0890. The zero-order chi connectivity index (χ0) is 34.3. The standard InChI is InChI=1S/C35H43FN6O5S/c1-23(27-11-13-30(36)14-12-27)40-34(44)28-18-29(20-32(19-28)42-16-6-15-39-48(42,46)47)35(45)41-31(17-25-7-4-3-5-8-25)22-37-24(2)33(43)38-21-26-9-10-26/h3-5,7-8,11-14,18-20,23-24,26,31,37,39H,6,9-10,15-17,21-22H2,1-2H3,(H,38,43)(H,40,44)(H,41,45)/t23-,24+,31+/m1/s1. The highest BCUT2D eigenvalue weighted by Gasteiger charge is 2.28. The van der Waals surface area contributed by atoms with Crippen LogP contribution in [0.3, 0.4) is 0 Å². The Kier molecular flexibility index (Phi) is 11.5. The van der Waals surface area contributed by atoms with E-state index in [0.717, 1.165) is 22.7 Å². The number of benzene rings is 3. The highest BCUT2D eigenvalue weighted by Crippen LogP contribution is 2.27. The van der Waals surface area contributed by atoms with Gasteiger partial charge in [-0.15, -0.1) is 0 Å². The molecule has 1 aliphatic carbocycles. The van der Waals surface area contributed by atoms with E-state index in [1.165, 1.54) is 30.3 Å². The number of hydrogen-bond acceptors (Lipinski definition) is 6. The lowest BCUT2D eigenvalue weighted by Gasteiger charge is -2.29. The molecule has 2 fully saturated rings. The maximum Gasteiger partial charge on any atom is 0.301 e. The minimum atomic E-state index is -3.89. The van der Waals surface area contributed by atoms with E-state index < -0.39 is 46.0 Å². The van der Waals surface area contributed by atoms with Crippen molar-refractivity contribution in [2.75, 3.05) is 30.5 Å². The van der Waals surface area contributed by atoms with Gasteiger partial charge in [0.25, 0.3) is 11.8 Å². The van der Waals surface area contributed by atoms with Gasteiger partial charge in [-0.3, -0.25) is 18.7 Å².